The summed E-state index contributed by atoms with van der Waals surface area (Å²) in [6, 6.07) is 14.9. The van der Waals surface area contributed by atoms with E-state index in [2.05, 4.69) is 19.2 Å². The van der Waals surface area contributed by atoms with E-state index in [4.69, 9.17) is 4.74 Å². The molecular weight excluding hydrogens is 371 g/mol. The Balaban J connectivity index is 1.93. The van der Waals surface area contributed by atoms with E-state index in [9.17, 15) is 14.3 Å². The average Bonchev–Trinajstić information content (AvgIpc) is 3.01. The van der Waals surface area contributed by atoms with E-state index in [0.29, 0.717) is 31.7 Å². The summed E-state index contributed by atoms with van der Waals surface area (Å²) in [7, 11) is 0. The number of nitrogens with zero attached hydrogens (tertiary/aromatic N) is 1. The number of fused-ring (bicyclic) bond motifs is 1. The van der Waals surface area contributed by atoms with E-state index in [-0.39, 0.29) is 11.1 Å². The average molecular weight is 398 g/mol. The molecule has 1 atom stereocenters. The maximum atomic E-state index is 14.4. The summed E-state index contributed by atoms with van der Waals surface area (Å²) in [6.07, 6.45) is -0.138. The highest BCUT2D eigenvalue weighted by Gasteiger charge is 2.27. The van der Waals surface area contributed by atoms with Crippen molar-refractivity contribution in [2.24, 2.45) is 0 Å². The number of aliphatic hydroxyl groups excluding tert-OH is 1. The molecule has 0 aliphatic carbocycles. The lowest BCUT2D eigenvalue weighted by molar-refractivity contribution is -0.105. The Morgan fingerprint density at radius 3 is 2.62 bits per heavy atom. The topological polar surface area (TPSA) is 63.5 Å². The largest absolute Gasteiger partial charge is 0.392 e. The number of aliphatic hydroxyl groups is 1. The van der Waals surface area contributed by atoms with Crippen LogP contribution in [0.1, 0.15) is 32.0 Å². The lowest BCUT2D eigenvalue weighted by Gasteiger charge is -2.27. The Morgan fingerprint density at radius 2 is 1.97 bits per heavy atom. The second-order valence-corrected chi connectivity index (χ2v) is 8.00. The molecule has 0 fully saturated rings. The van der Waals surface area contributed by atoms with Gasteiger partial charge in [-0.05, 0) is 24.6 Å². The lowest BCUT2D eigenvalue weighted by Crippen LogP contribution is -2.29. The zero-order valence-electron chi connectivity index (χ0n) is 17.0. The molecule has 3 rings (SSSR count). The number of carbonyl (C=O) groups excluding carboxylic acids is 1. The molecule has 1 aromatic heterocycles. The van der Waals surface area contributed by atoms with Gasteiger partial charge in [0.15, 0.2) is 0 Å². The first-order chi connectivity index (χ1) is 13.8. The lowest BCUT2D eigenvalue weighted by atomic mass is 9.90. The van der Waals surface area contributed by atoms with Gasteiger partial charge in [-0.25, -0.2) is 4.39 Å². The quantitative estimate of drug-likeness (QED) is 0.531. The molecule has 5 nitrogen and oxygen atoms in total. The first-order valence-electron chi connectivity index (χ1n) is 9.65. The van der Waals surface area contributed by atoms with E-state index in [1.807, 2.05) is 41.0 Å². The highest BCUT2D eigenvalue weighted by Crippen LogP contribution is 2.33. The molecule has 0 spiro atoms. The van der Waals surface area contributed by atoms with Gasteiger partial charge in [-0.3, -0.25) is 4.79 Å². The summed E-state index contributed by atoms with van der Waals surface area (Å²) in [5, 5.41) is 13.2. The fraction of sp³-hybridized carbons (Fsp3) is 0.348. The first-order valence-corrected chi connectivity index (χ1v) is 9.65. The number of nitrogens with one attached hydrogen (secondary N) is 1. The number of halogens is 1. The highest BCUT2D eigenvalue weighted by molar-refractivity contribution is 5.88. The molecule has 154 valence electrons. The van der Waals surface area contributed by atoms with Crippen LogP contribution in [0.2, 0.25) is 0 Å². The molecule has 0 saturated carbocycles. The van der Waals surface area contributed by atoms with Crippen LogP contribution in [0.5, 0.6) is 0 Å². The molecule has 1 amide bonds. The van der Waals surface area contributed by atoms with E-state index in [1.165, 1.54) is 6.07 Å². The fourth-order valence-electron chi connectivity index (χ4n) is 3.55. The molecule has 29 heavy (non-hydrogen) atoms. The van der Waals surface area contributed by atoms with E-state index >= 15 is 0 Å². The van der Waals surface area contributed by atoms with E-state index in [0.717, 1.165) is 16.6 Å². The highest BCUT2D eigenvalue weighted by atomic mass is 19.1. The van der Waals surface area contributed by atoms with Crippen LogP contribution >= 0.6 is 0 Å². The molecule has 0 aliphatic rings. The molecule has 1 heterocycles. The van der Waals surface area contributed by atoms with Gasteiger partial charge in [0.05, 0.1) is 30.5 Å². The van der Waals surface area contributed by atoms with E-state index in [1.54, 1.807) is 13.0 Å². The number of anilines is 1. The van der Waals surface area contributed by atoms with Crippen LogP contribution in [-0.2, 0) is 28.1 Å². The van der Waals surface area contributed by atoms with Crippen LogP contribution in [0.25, 0.3) is 10.9 Å². The number of amides is 1. The molecular formula is C23H27FN2O3. The number of carbonyl (C=O) groups is 1. The van der Waals surface area contributed by atoms with Gasteiger partial charge in [-0.15, -0.1) is 0 Å². The molecule has 0 saturated heterocycles. The maximum absolute atomic E-state index is 14.4. The standard InChI is InChI=1S/C23H27FN2O3/c1-16(28)12-26-21-11-19(24)20(25-15-27)9-18(21)10-22(26)23(2,3)14-29-13-17-7-5-4-6-8-17/h4-11,15-16,28H,12-14H2,1-3H3,(H,25,27). The van der Waals surface area contributed by atoms with Crippen LogP contribution < -0.4 is 5.32 Å². The van der Waals surface area contributed by atoms with Gasteiger partial charge in [-0.2, -0.15) is 0 Å². The summed E-state index contributed by atoms with van der Waals surface area (Å²) in [4.78, 5) is 10.7. The minimum Gasteiger partial charge on any atom is -0.392 e. The monoisotopic (exact) mass is 398 g/mol. The van der Waals surface area contributed by atoms with Crippen LogP contribution in [0.4, 0.5) is 10.1 Å². The minimum absolute atomic E-state index is 0.131. The predicted molar refractivity (Wildman–Crippen MR) is 112 cm³/mol. The second kappa shape index (κ2) is 8.76. The molecule has 0 aliphatic heterocycles. The Kier molecular flexibility index (Phi) is 6.35. The first kappa shape index (κ1) is 21.0. The van der Waals surface area contributed by atoms with Gasteiger partial charge >= 0.3 is 0 Å². The van der Waals surface area contributed by atoms with Crippen molar-refractivity contribution in [2.45, 2.75) is 45.4 Å². The second-order valence-electron chi connectivity index (χ2n) is 8.00. The molecule has 0 radical (unpaired) electrons. The van der Waals surface area contributed by atoms with Crippen LogP contribution in [0.3, 0.4) is 0 Å². The summed E-state index contributed by atoms with van der Waals surface area (Å²) >= 11 is 0. The van der Waals surface area contributed by atoms with E-state index < -0.39 is 11.9 Å². The Morgan fingerprint density at radius 1 is 1.24 bits per heavy atom. The number of aromatic nitrogens is 1. The van der Waals surface area contributed by atoms with Crippen molar-refractivity contribution < 1.29 is 19.0 Å². The van der Waals surface area contributed by atoms with Crippen LogP contribution in [-0.4, -0.2) is 28.8 Å². The fourth-order valence-corrected chi connectivity index (χ4v) is 3.55. The van der Waals surface area contributed by atoms with Crippen molar-refractivity contribution in [2.75, 3.05) is 11.9 Å². The summed E-state index contributed by atoms with van der Waals surface area (Å²) in [5.41, 5.74) is 2.46. The van der Waals surface area contributed by atoms with Crippen molar-refractivity contribution in [3.8, 4) is 0 Å². The Labute approximate surface area is 170 Å². The number of hydrogen-bond acceptors (Lipinski definition) is 3. The number of hydrogen-bond donors (Lipinski definition) is 2. The number of rotatable bonds is 9. The van der Waals surface area contributed by atoms with Crippen molar-refractivity contribution in [3.05, 3.63) is 65.6 Å². The van der Waals surface area contributed by atoms with Crippen molar-refractivity contribution in [1.29, 1.82) is 0 Å². The number of ether oxygens (including phenoxy) is 1. The predicted octanol–water partition coefficient (Wildman–Crippen LogP) is 4.22. The number of benzene rings is 2. The summed E-state index contributed by atoms with van der Waals surface area (Å²) in [6.45, 7) is 7.12. The Hall–Kier alpha value is -2.70. The zero-order valence-corrected chi connectivity index (χ0v) is 17.0. The third-order valence-corrected chi connectivity index (χ3v) is 4.92. The molecule has 3 aromatic rings. The van der Waals surface area contributed by atoms with Gasteiger partial charge in [0.2, 0.25) is 6.41 Å². The molecule has 2 aromatic carbocycles. The van der Waals surface area contributed by atoms with Gasteiger partial charge in [0, 0.05) is 29.1 Å². The molecule has 6 heteroatoms. The van der Waals surface area contributed by atoms with Crippen LogP contribution in [0.15, 0.2) is 48.5 Å². The zero-order chi connectivity index (χ0) is 21.0. The van der Waals surface area contributed by atoms with Crippen molar-refractivity contribution in [1.82, 2.24) is 4.57 Å². The minimum atomic E-state index is -0.596. The van der Waals surface area contributed by atoms with Crippen molar-refractivity contribution >= 4 is 23.0 Å². The molecule has 1 unspecified atom stereocenters. The third-order valence-electron chi connectivity index (χ3n) is 4.92. The third kappa shape index (κ3) is 4.83. The smallest absolute Gasteiger partial charge is 0.211 e. The van der Waals surface area contributed by atoms with Gasteiger partial charge in [-0.1, -0.05) is 44.2 Å². The van der Waals surface area contributed by atoms with Gasteiger partial charge in [0.25, 0.3) is 0 Å². The van der Waals surface area contributed by atoms with Gasteiger partial charge < -0.3 is 19.7 Å². The normalized spacial score (nSPS) is 12.9. The van der Waals surface area contributed by atoms with Crippen LogP contribution in [0, 0.1) is 5.82 Å². The molecule has 2 N–H and O–H groups in total. The molecule has 0 bridgehead atoms. The summed E-state index contributed by atoms with van der Waals surface area (Å²) in [5.74, 6) is -0.515. The maximum Gasteiger partial charge on any atom is 0.211 e. The van der Waals surface area contributed by atoms with Crippen molar-refractivity contribution in [3.63, 3.8) is 0 Å². The van der Waals surface area contributed by atoms with Gasteiger partial charge in [0.1, 0.15) is 5.82 Å². The summed E-state index contributed by atoms with van der Waals surface area (Å²) < 4.78 is 22.3. The Bertz CT molecular complexity index is 981. The SMILES string of the molecule is CC(O)Cn1c(C(C)(C)COCc2ccccc2)cc2cc(NC=O)c(F)cc21.